The summed E-state index contributed by atoms with van der Waals surface area (Å²) in [4.78, 5) is 13.8. The van der Waals surface area contributed by atoms with Crippen molar-refractivity contribution in [2.24, 2.45) is 11.8 Å². The third kappa shape index (κ3) is 1.88. The Hall–Kier alpha value is -0.690. The first-order valence-electron chi connectivity index (χ1n) is 5.07. The zero-order chi connectivity index (χ0) is 9.97. The maximum atomic E-state index is 11.9. The molecule has 2 atom stereocenters. The van der Waals surface area contributed by atoms with Crippen LogP contribution in [0.2, 0.25) is 0 Å². The highest BCUT2D eigenvalue weighted by molar-refractivity contribution is 7.99. The number of nitriles is 1. The van der Waals surface area contributed by atoms with Gasteiger partial charge >= 0.3 is 0 Å². The number of hydrogen-bond acceptors (Lipinski definition) is 3. The molecule has 1 amide bonds. The van der Waals surface area contributed by atoms with Crippen LogP contribution in [0.3, 0.4) is 0 Å². The van der Waals surface area contributed by atoms with Crippen LogP contribution in [-0.2, 0) is 4.79 Å². The number of carbonyl (C=O) groups excluding carboxylic acids is 1. The van der Waals surface area contributed by atoms with Crippen molar-refractivity contribution < 1.29 is 4.79 Å². The van der Waals surface area contributed by atoms with Crippen LogP contribution in [0.1, 0.15) is 12.8 Å². The predicted octanol–water partition coefficient (Wildman–Crippen LogP) is 1.11. The van der Waals surface area contributed by atoms with Crippen LogP contribution in [0.15, 0.2) is 0 Å². The van der Waals surface area contributed by atoms with Crippen molar-refractivity contribution in [3.63, 3.8) is 0 Å². The van der Waals surface area contributed by atoms with Crippen molar-refractivity contribution in [2.45, 2.75) is 12.8 Å². The van der Waals surface area contributed by atoms with E-state index in [9.17, 15) is 4.79 Å². The highest BCUT2D eigenvalue weighted by Gasteiger charge is 2.32. The van der Waals surface area contributed by atoms with E-state index in [0.29, 0.717) is 6.54 Å². The van der Waals surface area contributed by atoms with Crippen molar-refractivity contribution in [1.82, 2.24) is 4.90 Å². The summed E-state index contributed by atoms with van der Waals surface area (Å²) in [6, 6.07) is 2.24. The molecule has 2 aliphatic heterocycles. The molecule has 2 heterocycles. The zero-order valence-corrected chi connectivity index (χ0v) is 8.92. The molecule has 2 saturated heterocycles. The molecular formula is C10H14N2OS. The molecule has 0 aromatic heterocycles. The van der Waals surface area contributed by atoms with Gasteiger partial charge in [-0.15, -0.1) is 0 Å². The average Bonchev–Trinajstić information content (AvgIpc) is 2.88. The van der Waals surface area contributed by atoms with Gasteiger partial charge in [-0.3, -0.25) is 4.79 Å². The minimum atomic E-state index is 0.0769. The maximum Gasteiger partial charge on any atom is 0.226 e. The highest BCUT2D eigenvalue weighted by atomic mass is 32.2. The fourth-order valence-electron chi connectivity index (χ4n) is 2.05. The number of likely N-dealkylation sites (tertiary alicyclic amines) is 1. The largest absolute Gasteiger partial charge is 0.341 e. The molecule has 0 radical (unpaired) electrons. The monoisotopic (exact) mass is 210 g/mol. The van der Waals surface area contributed by atoms with E-state index in [1.807, 2.05) is 16.7 Å². The van der Waals surface area contributed by atoms with Crippen LogP contribution in [0.25, 0.3) is 0 Å². The standard InChI is InChI=1S/C10H14N2OS/c11-5-8-1-3-12(6-8)10(13)9-2-4-14-7-9/h8-9H,1-4,6-7H2. The topological polar surface area (TPSA) is 44.1 Å². The third-order valence-electron chi connectivity index (χ3n) is 2.96. The Morgan fingerprint density at radius 2 is 2.36 bits per heavy atom. The van der Waals surface area contributed by atoms with E-state index < -0.39 is 0 Å². The zero-order valence-electron chi connectivity index (χ0n) is 8.11. The molecule has 4 heteroatoms. The molecule has 14 heavy (non-hydrogen) atoms. The molecule has 3 nitrogen and oxygen atoms in total. The van der Waals surface area contributed by atoms with E-state index in [1.54, 1.807) is 0 Å². The number of carbonyl (C=O) groups is 1. The van der Waals surface area contributed by atoms with E-state index in [0.717, 1.165) is 30.9 Å². The quantitative estimate of drug-likeness (QED) is 0.651. The summed E-state index contributed by atoms with van der Waals surface area (Å²) in [5, 5.41) is 8.74. The van der Waals surface area contributed by atoms with Gasteiger partial charge in [0.05, 0.1) is 12.0 Å². The first-order valence-corrected chi connectivity index (χ1v) is 6.23. The van der Waals surface area contributed by atoms with Crippen LogP contribution in [-0.4, -0.2) is 35.4 Å². The lowest BCUT2D eigenvalue weighted by molar-refractivity contribution is -0.133. The number of amides is 1. The van der Waals surface area contributed by atoms with Gasteiger partial charge in [0.25, 0.3) is 0 Å². The SMILES string of the molecule is N#CC1CCN(C(=O)C2CCSC2)C1. The molecule has 76 valence electrons. The van der Waals surface area contributed by atoms with Crippen molar-refractivity contribution in [1.29, 1.82) is 5.26 Å². The molecule has 2 fully saturated rings. The Labute approximate surface area is 88.4 Å². The van der Waals surface area contributed by atoms with Gasteiger partial charge in [0.2, 0.25) is 5.91 Å². The van der Waals surface area contributed by atoms with Crippen molar-refractivity contribution in [2.75, 3.05) is 24.6 Å². The third-order valence-corrected chi connectivity index (χ3v) is 4.12. The van der Waals surface area contributed by atoms with Crippen LogP contribution < -0.4 is 0 Å². The summed E-state index contributed by atoms with van der Waals surface area (Å²) in [6.07, 6.45) is 1.89. The lowest BCUT2D eigenvalue weighted by Crippen LogP contribution is -2.34. The molecule has 2 rings (SSSR count). The first kappa shape index (κ1) is 9.85. The normalized spacial score (nSPS) is 31.8. The Morgan fingerprint density at radius 3 is 2.93 bits per heavy atom. The van der Waals surface area contributed by atoms with E-state index in [1.165, 1.54) is 0 Å². The number of thioether (sulfide) groups is 1. The van der Waals surface area contributed by atoms with Gasteiger partial charge in [-0.05, 0) is 18.6 Å². The maximum absolute atomic E-state index is 11.9. The molecule has 0 spiro atoms. The summed E-state index contributed by atoms with van der Waals surface area (Å²) in [5.41, 5.74) is 0. The van der Waals surface area contributed by atoms with Crippen LogP contribution >= 0.6 is 11.8 Å². The van der Waals surface area contributed by atoms with Gasteiger partial charge in [-0.1, -0.05) is 0 Å². The lowest BCUT2D eigenvalue weighted by atomic mass is 10.1. The van der Waals surface area contributed by atoms with E-state index >= 15 is 0 Å². The van der Waals surface area contributed by atoms with Gasteiger partial charge in [0, 0.05) is 24.8 Å². The van der Waals surface area contributed by atoms with Gasteiger partial charge in [-0.25, -0.2) is 0 Å². The minimum absolute atomic E-state index is 0.0769. The highest BCUT2D eigenvalue weighted by Crippen LogP contribution is 2.27. The summed E-state index contributed by atoms with van der Waals surface area (Å²) in [5.74, 6) is 2.69. The summed E-state index contributed by atoms with van der Waals surface area (Å²) in [6.45, 7) is 1.45. The molecule has 0 aromatic rings. The Bertz CT molecular complexity index is 268. The van der Waals surface area contributed by atoms with Crippen molar-refractivity contribution in [3.05, 3.63) is 0 Å². The molecular weight excluding hydrogens is 196 g/mol. The van der Waals surface area contributed by atoms with Gasteiger partial charge in [0.15, 0.2) is 0 Å². The molecule has 0 aromatic carbocycles. The summed E-state index contributed by atoms with van der Waals surface area (Å²) >= 11 is 1.86. The molecule has 0 N–H and O–H groups in total. The second-order valence-electron chi connectivity index (χ2n) is 3.96. The fourth-order valence-corrected chi connectivity index (χ4v) is 3.26. The molecule has 0 bridgehead atoms. The van der Waals surface area contributed by atoms with Gasteiger partial charge < -0.3 is 4.90 Å². The molecule has 0 aliphatic carbocycles. The number of nitrogens with zero attached hydrogens (tertiary/aromatic N) is 2. The Balaban J connectivity index is 1.90. The van der Waals surface area contributed by atoms with Gasteiger partial charge in [-0.2, -0.15) is 17.0 Å². The average molecular weight is 210 g/mol. The predicted molar refractivity (Wildman–Crippen MR) is 55.7 cm³/mol. The fraction of sp³-hybridized carbons (Fsp3) is 0.800. The van der Waals surface area contributed by atoms with Crippen LogP contribution in [0.5, 0.6) is 0 Å². The Kier molecular flexibility index (Phi) is 2.97. The summed E-state index contributed by atoms with van der Waals surface area (Å²) < 4.78 is 0. The van der Waals surface area contributed by atoms with Crippen LogP contribution in [0.4, 0.5) is 0 Å². The van der Waals surface area contributed by atoms with E-state index in [-0.39, 0.29) is 17.7 Å². The van der Waals surface area contributed by atoms with E-state index in [4.69, 9.17) is 5.26 Å². The molecule has 2 unspecified atom stereocenters. The molecule has 2 aliphatic rings. The second-order valence-corrected chi connectivity index (χ2v) is 5.11. The summed E-state index contributed by atoms with van der Waals surface area (Å²) in [7, 11) is 0. The first-order chi connectivity index (χ1) is 6.81. The second kappa shape index (κ2) is 4.22. The number of rotatable bonds is 1. The van der Waals surface area contributed by atoms with Crippen molar-refractivity contribution in [3.8, 4) is 6.07 Å². The number of hydrogen-bond donors (Lipinski definition) is 0. The lowest BCUT2D eigenvalue weighted by Gasteiger charge is -2.19. The van der Waals surface area contributed by atoms with E-state index in [2.05, 4.69) is 6.07 Å². The Morgan fingerprint density at radius 1 is 1.50 bits per heavy atom. The van der Waals surface area contributed by atoms with Crippen LogP contribution in [0, 0.1) is 23.2 Å². The smallest absolute Gasteiger partial charge is 0.226 e. The molecule has 0 saturated carbocycles. The van der Waals surface area contributed by atoms with Crippen molar-refractivity contribution >= 4 is 17.7 Å². The van der Waals surface area contributed by atoms with Gasteiger partial charge in [0.1, 0.15) is 0 Å². The minimum Gasteiger partial charge on any atom is -0.341 e.